The zero-order valence-corrected chi connectivity index (χ0v) is 16.9. The molecule has 0 N–H and O–H groups in total. The van der Waals surface area contributed by atoms with Crippen LogP contribution in [0.15, 0.2) is 65.9 Å². The van der Waals surface area contributed by atoms with E-state index in [1.807, 2.05) is 0 Å². The number of unbranched alkanes of at least 4 members (excludes halogenated alkanes) is 2. The molecule has 0 heterocycles. The van der Waals surface area contributed by atoms with Crippen LogP contribution in [0.2, 0.25) is 0 Å². The van der Waals surface area contributed by atoms with Gasteiger partial charge in [-0.1, -0.05) is 67.7 Å². The summed E-state index contributed by atoms with van der Waals surface area (Å²) in [4.78, 5) is 20.9. The van der Waals surface area contributed by atoms with Gasteiger partial charge in [0.25, 0.3) is 0 Å². The van der Waals surface area contributed by atoms with Gasteiger partial charge in [0.05, 0.1) is 0 Å². The van der Waals surface area contributed by atoms with Gasteiger partial charge in [0, 0.05) is 11.8 Å². The summed E-state index contributed by atoms with van der Waals surface area (Å²) in [7, 11) is 0. The number of carbonyl (C=O) groups excluding carboxylic acids is 1. The van der Waals surface area contributed by atoms with Gasteiger partial charge >= 0.3 is 5.91 Å². The molecule has 0 rings (SSSR count). The van der Waals surface area contributed by atoms with Crippen LogP contribution in [-0.2, 0) is 9.53 Å². The van der Waals surface area contributed by atoms with Crippen molar-refractivity contribution in [3.05, 3.63) is 65.7 Å². The van der Waals surface area contributed by atoms with Gasteiger partial charge in [-0.2, -0.15) is 0 Å². The number of nitroso groups, excluding NO2 is 1. The Morgan fingerprint density at radius 2 is 1.30 bits per heavy atom. The topological polar surface area (TPSA) is 55.7 Å². The first kappa shape index (κ1) is 24.9. The van der Waals surface area contributed by atoms with Crippen LogP contribution in [0.25, 0.3) is 0 Å². The van der Waals surface area contributed by atoms with E-state index in [2.05, 4.69) is 72.9 Å². The summed E-state index contributed by atoms with van der Waals surface area (Å²) in [5.41, 5.74) is 0. The fourth-order valence-corrected chi connectivity index (χ4v) is 2.14. The highest BCUT2D eigenvalue weighted by molar-refractivity contribution is 5.80. The highest BCUT2D eigenvalue weighted by atomic mass is 16.5. The van der Waals surface area contributed by atoms with Gasteiger partial charge in [0.1, 0.15) is 6.10 Å². The predicted octanol–water partition coefficient (Wildman–Crippen LogP) is 6.61. The molecule has 0 spiro atoms. The normalized spacial score (nSPS) is 13.7. The second-order valence-electron chi connectivity index (χ2n) is 6.15. The summed E-state index contributed by atoms with van der Waals surface area (Å²) in [6.45, 7) is 4.17. The molecule has 1 atom stereocenters. The molecule has 0 aromatic heterocycles. The summed E-state index contributed by atoms with van der Waals surface area (Å²) < 4.78 is 5.23. The maximum atomic E-state index is 10.9. The minimum Gasteiger partial charge on any atom is -0.368 e. The summed E-state index contributed by atoms with van der Waals surface area (Å²) in [5, 5.41) is 2.35. The van der Waals surface area contributed by atoms with E-state index in [0.717, 1.165) is 51.4 Å². The van der Waals surface area contributed by atoms with E-state index in [-0.39, 0.29) is 0 Å². The Morgan fingerprint density at radius 1 is 0.815 bits per heavy atom. The first-order valence-electron chi connectivity index (χ1n) is 9.96. The monoisotopic (exact) mass is 373 g/mol. The molecule has 27 heavy (non-hydrogen) atoms. The van der Waals surface area contributed by atoms with Crippen molar-refractivity contribution in [1.82, 2.24) is 0 Å². The third kappa shape index (κ3) is 18.5. The van der Waals surface area contributed by atoms with Gasteiger partial charge in [0.15, 0.2) is 0 Å². The average Bonchev–Trinajstić information content (AvgIpc) is 2.68. The number of allylic oxidation sites excluding steroid dienone is 10. The van der Waals surface area contributed by atoms with Crippen molar-refractivity contribution in [3.8, 4) is 0 Å². The second kappa shape index (κ2) is 20.2. The van der Waals surface area contributed by atoms with Crippen molar-refractivity contribution < 1.29 is 9.53 Å². The van der Waals surface area contributed by atoms with Crippen LogP contribution in [0.5, 0.6) is 0 Å². The molecule has 150 valence electrons. The fraction of sp³-hybridized carbons (Fsp3) is 0.522. The number of rotatable bonds is 16. The summed E-state index contributed by atoms with van der Waals surface area (Å²) in [6.07, 6.45) is 29.0. The van der Waals surface area contributed by atoms with E-state index >= 15 is 0 Å². The summed E-state index contributed by atoms with van der Waals surface area (Å²) >= 11 is 0. The van der Waals surface area contributed by atoms with Crippen molar-refractivity contribution in [2.45, 2.75) is 71.3 Å². The van der Waals surface area contributed by atoms with Crippen molar-refractivity contribution in [1.29, 1.82) is 0 Å². The van der Waals surface area contributed by atoms with E-state index in [1.165, 1.54) is 0 Å². The van der Waals surface area contributed by atoms with E-state index in [0.29, 0.717) is 6.61 Å². The Labute approximate surface area is 164 Å². The molecule has 0 fully saturated rings. The van der Waals surface area contributed by atoms with E-state index in [4.69, 9.17) is 4.74 Å². The lowest BCUT2D eigenvalue weighted by Gasteiger charge is -2.06. The quantitative estimate of drug-likeness (QED) is 0.174. The van der Waals surface area contributed by atoms with Crippen LogP contribution in [0, 0.1) is 4.91 Å². The predicted molar refractivity (Wildman–Crippen MR) is 115 cm³/mol. The standard InChI is InChI=1S/C23H35NO3/c1-3-4-5-6-7-8-9-10-11-12-13-14-15-16-17-18-19-20-21-27-22(2)23(25)24-26/h4-5,7-8,10-11,13-14,16-17,22H,3,6,9,12,15,18-21H2,1-2H3/b5-4-,8-7-,11-10-,14-13-,17-16-. The Balaban J connectivity index is 3.50. The number of hydrogen-bond donors (Lipinski definition) is 0. The van der Waals surface area contributed by atoms with Crippen LogP contribution in [0.1, 0.15) is 65.2 Å². The Bertz CT molecular complexity index is 516. The molecular weight excluding hydrogens is 338 g/mol. The molecule has 1 amide bonds. The Hall–Kier alpha value is -2.07. The molecule has 0 aromatic carbocycles. The maximum absolute atomic E-state index is 10.9. The molecule has 0 bridgehead atoms. The minimum absolute atomic E-state index is 0.479. The number of carbonyl (C=O) groups is 1. The lowest BCUT2D eigenvalue weighted by Crippen LogP contribution is -2.18. The van der Waals surface area contributed by atoms with Gasteiger partial charge in [-0.25, -0.2) is 0 Å². The van der Waals surface area contributed by atoms with Crippen molar-refractivity contribution >= 4 is 5.91 Å². The lowest BCUT2D eigenvalue weighted by atomic mass is 10.2. The molecule has 0 aliphatic carbocycles. The molecule has 1 unspecified atom stereocenters. The van der Waals surface area contributed by atoms with Crippen molar-refractivity contribution in [2.24, 2.45) is 5.18 Å². The molecule has 0 radical (unpaired) electrons. The van der Waals surface area contributed by atoms with Crippen LogP contribution >= 0.6 is 0 Å². The van der Waals surface area contributed by atoms with Crippen molar-refractivity contribution in [2.75, 3.05) is 6.61 Å². The zero-order valence-electron chi connectivity index (χ0n) is 16.9. The molecule has 0 saturated carbocycles. The Kier molecular flexibility index (Phi) is 18.7. The molecule has 0 saturated heterocycles. The van der Waals surface area contributed by atoms with E-state index < -0.39 is 12.0 Å². The smallest absolute Gasteiger partial charge is 0.314 e. The summed E-state index contributed by atoms with van der Waals surface area (Å²) in [6, 6.07) is 0. The van der Waals surface area contributed by atoms with Crippen molar-refractivity contribution in [3.63, 3.8) is 0 Å². The molecule has 4 nitrogen and oxygen atoms in total. The third-order valence-electron chi connectivity index (χ3n) is 3.73. The zero-order chi connectivity index (χ0) is 20.0. The number of amides is 1. The highest BCUT2D eigenvalue weighted by Crippen LogP contribution is 2.02. The maximum Gasteiger partial charge on any atom is 0.314 e. The van der Waals surface area contributed by atoms with Crippen LogP contribution < -0.4 is 0 Å². The van der Waals surface area contributed by atoms with Gasteiger partial charge in [0.2, 0.25) is 0 Å². The SMILES string of the molecule is CC/C=C\C/C=C\C/C=C\C/C=C\C/C=C\CCCCOC(C)C(=O)N=O. The van der Waals surface area contributed by atoms with Crippen LogP contribution in [0.4, 0.5) is 0 Å². The molecule has 4 heteroatoms. The first-order chi connectivity index (χ1) is 13.2. The molecular formula is C23H35NO3. The first-order valence-corrected chi connectivity index (χ1v) is 9.96. The van der Waals surface area contributed by atoms with E-state index in [1.54, 1.807) is 6.92 Å². The Morgan fingerprint density at radius 3 is 1.78 bits per heavy atom. The largest absolute Gasteiger partial charge is 0.368 e. The number of ether oxygens (including phenoxy) is 1. The van der Waals surface area contributed by atoms with Gasteiger partial charge in [-0.3, -0.25) is 4.79 Å². The summed E-state index contributed by atoms with van der Waals surface area (Å²) in [5.74, 6) is -0.743. The second-order valence-corrected chi connectivity index (χ2v) is 6.15. The van der Waals surface area contributed by atoms with E-state index in [9.17, 15) is 9.70 Å². The molecule has 0 aromatic rings. The highest BCUT2D eigenvalue weighted by Gasteiger charge is 2.12. The fourth-order valence-electron chi connectivity index (χ4n) is 2.14. The number of nitrogens with zero attached hydrogens (tertiary/aromatic N) is 1. The van der Waals surface area contributed by atoms with Gasteiger partial charge in [-0.05, 0) is 58.3 Å². The molecule has 0 aliphatic heterocycles. The minimum atomic E-state index is -0.743. The third-order valence-corrected chi connectivity index (χ3v) is 3.73. The lowest BCUT2D eigenvalue weighted by molar-refractivity contribution is -0.128. The van der Waals surface area contributed by atoms with Gasteiger partial charge < -0.3 is 4.74 Å². The number of hydrogen-bond acceptors (Lipinski definition) is 3. The van der Waals surface area contributed by atoms with Crippen LogP contribution in [0.3, 0.4) is 0 Å². The average molecular weight is 374 g/mol. The van der Waals surface area contributed by atoms with Gasteiger partial charge in [-0.15, -0.1) is 4.91 Å². The molecule has 0 aliphatic rings. The van der Waals surface area contributed by atoms with Crippen LogP contribution in [-0.4, -0.2) is 18.6 Å².